The van der Waals surface area contributed by atoms with Gasteiger partial charge in [0.1, 0.15) is 0 Å². The van der Waals surface area contributed by atoms with Crippen molar-refractivity contribution in [3.8, 4) is 0 Å². The molecule has 0 aromatic carbocycles. The van der Waals surface area contributed by atoms with Crippen LogP contribution in [0.15, 0.2) is 0 Å². The van der Waals surface area contributed by atoms with Crippen LogP contribution in [0, 0.1) is 0 Å². The molecule has 59 valence electrons. The molecule has 0 rings (SSSR count). The first-order valence-electron chi connectivity index (χ1n) is 1.68. The Labute approximate surface area is 64.1 Å². The van der Waals surface area contributed by atoms with Crippen molar-refractivity contribution in [1.82, 2.24) is 0 Å². The number of hydrogen-bond acceptors (Lipinski definition) is 3. The number of rotatable bonds is 2. The zero-order valence-corrected chi connectivity index (χ0v) is 6.66. The van der Waals surface area contributed by atoms with Gasteiger partial charge in [-0.3, -0.25) is 4.55 Å². The molecule has 0 aromatic rings. The van der Waals surface area contributed by atoms with Gasteiger partial charge in [-0.1, -0.05) is 0 Å². The second-order valence-electron chi connectivity index (χ2n) is 0.834. The maximum Gasteiger partial charge on any atom is 0.397 e. The van der Waals surface area contributed by atoms with Gasteiger partial charge in [0.2, 0.25) is 0 Å². The van der Waals surface area contributed by atoms with Gasteiger partial charge < -0.3 is 5.48 Å². The molecule has 9 heavy (non-hydrogen) atoms. The fraction of sp³-hybridized carbons (Fsp3) is 1.00. The van der Waals surface area contributed by atoms with Crippen LogP contribution in [0.3, 0.4) is 0 Å². The molecular formula is C2H8MnO5S. The normalized spacial score (nSPS) is 9.11. The Balaban J connectivity index is -0.000000180. The molecule has 0 atom stereocenters. The van der Waals surface area contributed by atoms with Crippen LogP contribution in [0.5, 0.6) is 0 Å². The van der Waals surface area contributed by atoms with E-state index in [1.807, 2.05) is 0 Å². The summed E-state index contributed by atoms with van der Waals surface area (Å²) in [5, 5.41) is 0. The monoisotopic (exact) mass is 199 g/mol. The van der Waals surface area contributed by atoms with Crippen LogP contribution in [-0.4, -0.2) is 25.1 Å². The average Bonchev–Trinajstić information content (AvgIpc) is 1.30. The van der Waals surface area contributed by atoms with E-state index in [0.717, 1.165) is 0 Å². The molecular weight excluding hydrogens is 191 g/mol. The second kappa shape index (κ2) is 6.47. The van der Waals surface area contributed by atoms with Gasteiger partial charge in [0.25, 0.3) is 0 Å². The van der Waals surface area contributed by atoms with Crippen LogP contribution >= 0.6 is 0 Å². The van der Waals surface area contributed by atoms with Crippen LogP contribution in [0.25, 0.3) is 0 Å². The van der Waals surface area contributed by atoms with E-state index in [-0.39, 0.29) is 29.2 Å². The molecule has 0 spiro atoms. The summed E-state index contributed by atoms with van der Waals surface area (Å²) >= 11 is 0. The van der Waals surface area contributed by atoms with E-state index >= 15 is 0 Å². The Kier molecular flexibility index (Phi) is 11.6. The largest absolute Gasteiger partial charge is 0.412 e. The minimum atomic E-state index is -4.17. The van der Waals surface area contributed by atoms with E-state index in [0.29, 0.717) is 0 Å². The maximum atomic E-state index is 9.56. The molecule has 0 saturated heterocycles. The molecule has 0 aliphatic carbocycles. The zero-order chi connectivity index (χ0) is 5.91. The van der Waals surface area contributed by atoms with Crippen molar-refractivity contribution in [3.63, 3.8) is 0 Å². The molecule has 5 nitrogen and oxygen atoms in total. The van der Waals surface area contributed by atoms with Gasteiger partial charge in [0.05, 0.1) is 6.61 Å². The Morgan fingerprint density at radius 1 is 1.56 bits per heavy atom. The van der Waals surface area contributed by atoms with Crippen molar-refractivity contribution in [3.05, 3.63) is 0 Å². The number of hydrogen-bond donors (Lipinski definition) is 1. The van der Waals surface area contributed by atoms with Crippen LogP contribution in [-0.2, 0) is 31.7 Å². The van der Waals surface area contributed by atoms with E-state index in [2.05, 4.69) is 4.18 Å². The molecule has 1 radical (unpaired) electrons. The maximum absolute atomic E-state index is 9.56. The fourth-order valence-corrected chi connectivity index (χ4v) is 0.447. The summed E-state index contributed by atoms with van der Waals surface area (Å²) in [6.07, 6.45) is 0. The van der Waals surface area contributed by atoms with Gasteiger partial charge in [0, 0.05) is 17.1 Å². The summed E-state index contributed by atoms with van der Waals surface area (Å²) in [5.74, 6) is 0. The molecule has 0 bridgehead atoms. The SMILES string of the molecule is CCOS(=O)(=O)O.O.[Mn]. The van der Waals surface area contributed by atoms with Gasteiger partial charge in [0.15, 0.2) is 0 Å². The van der Waals surface area contributed by atoms with E-state index in [1.54, 1.807) is 0 Å². The van der Waals surface area contributed by atoms with E-state index in [1.165, 1.54) is 6.92 Å². The van der Waals surface area contributed by atoms with Crippen LogP contribution < -0.4 is 0 Å². The predicted octanol–water partition coefficient (Wildman–Crippen LogP) is -1.00. The van der Waals surface area contributed by atoms with Gasteiger partial charge in [-0.05, 0) is 6.92 Å². The molecule has 7 heteroatoms. The summed E-state index contributed by atoms with van der Waals surface area (Å²) < 4.78 is 30.7. The van der Waals surface area contributed by atoms with E-state index in [9.17, 15) is 8.42 Å². The van der Waals surface area contributed by atoms with Crippen molar-refractivity contribution in [2.24, 2.45) is 0 Å². The third-order valence-corrected chi connectivity index (χ3v) is 0.800. The third kappa shape index (κ3) is 17.8. The molecule has 0 unspecified atom stereocenters. The summed E-state index contributed by atoms with van der Waals surface area (Å²) in [5.41, 5.74) is 0. The van der Waals surface area contributed by atoms with E-state index < -0.39 is 10.4 Å². The Morgan fingerprint density at radius 3 is 1.89 bits per heavy atom. The van der Waals surface area contributed by atoms with Gasteiger partial charge in [-0.25, -0.2) is 4.18 Å². The van der Waals surface area contributed by atoms with Crippen molar-refractivity contribution < 1.29 is 39.7 Å². The smallest absolute Gasteiger partial charge is 0.397 e. The van der Waals surface area contributed by atoms with Gasteiger partial charge in [-0.15, -0.1) is 0 Å². The molecule has 0 saturated carbocycles. The van der Waals surface area contributed by atoms with Crippen LogP contribution in [0.2, 0.25) is 0 Å². The van der Waals surface area contributed by atoms with Crippen molar-refractivity contribution in [2.75, 3.05) is 6.61 Å². The van der Waals surface area contributed by atoms with Crippen LogP contribution in [0.1, 0.15) is 6.92 Å². The second-order valence-corrected chi connectivity index (χ2v) is 1.93. The molecule has 3 N–H and O–H groups in total. The Morgan fingerprint density at radius 2 is 1.89 bits per heavy atom. The van der Waals surface area contributed by atoms with Crippen molar-refractivity contribution in [1.29, 1.82) is 0 Å². The first-order valence-corrected chi connectivity index (χ1v) is 3.04. The predicted molar refractivity (Wildman–Crippen MR) is 26.8 cm³/mol. The zero-order valence-electron chi connectivity index (χ0n) is 4.67. The minimum absolute atomic E-state index is 0. The molecule has 0 fully saturated rings. The van der Waals surface area contributed by atoms with Gasteiger partial charge in [-0.2, -0.15) is 8.42 Å². The van der Waals surface area contributed by atoms with Crippen LogP contribution in [0.4, 0.5) is 0 Å². The Hall–Kier alpha value is 0.349. The summed E-state index contributed by atoms with van der Waals surface area (Å²) in [4.78, 5) is 0. The summed E-state index contributed by atoms with van der Waals surface area (Å²) in [6, 6.07) is 0. The topological polar surface area (TPSA) is 95.1 Å². The summed E-state index contributed by atoms with van der Waals surface area (Å²) in [7, 11) is -4.17. The first kappa shape index (κ1) is 16.2. The standard InChI is InChI=1S/C2H6O4S.Mn.H2O/c1-2-6-7(3,4)5;;/h2H2,1H3,(H,3,4,5);;1H2. The summed E-state index contributed by atoms with van der Waals surface area (Å²) in [6.45, 7) is 1.44. The van der Waals surface area contributed by atoms with E-state index in [4.69, 9.17) is 4.55 Å². The molecule has 0 heterocycles. The quantitative estimate of drug-likeness (QED) is 0.455. The van der Waals surface area contributed by atoms with Crippen molar-refractivity contribution in [2.45, 2.75) is 6.92 Å². The van der Waals surface area contributed by atoms with Crippen molar-refractivity contribution >= 4 is 10.4 Å². The van der Waals surface area contributed by atoms with Gasteiger partial charge >= 0.3 is 10.4 Å². The molecule has 0 aromatic heterocycles. The molecule has 0 amide bonds. The minimum Gasteiger partial charge on any atom is -0.412 e. The molecule has 0 aliphatic rings. The molecule has 0 aliphatic heterocycles. The Bertz CT molecular complexity index is 128. The third-order valence-electron chi connectivity index (χ3n) is 0.267. The first-order chi connectivity index (χ1) is 3.06. The fourth-order valence-electron chi connectivity index (χ4n) is 0.149. The average molecular weight is 199 g/mol.